The van der Waals surface area contributed by atoms with Crippen LogP contribution in [0.2, 0.25) is 19.6 Å². The van der Waals surface area contributed by atoms with Gasteiger partial charge in [0.15, 0.2) is 0 Å². The van der Waals surface area contributed by atoms with E-state index in [2.05, 4.69) is 41.7 Å². The zero-order valence-corrected chi connectivity index (χ0v) is 32.8. The minimum atomic E-state index is -2.13. The van der Waals surface area contributed by atoms with Crippen molar-refractivity contribution in [1.29, 1.82) is 0 Å². The molecule has 0 saturated carbocycles. The molecule has 0 saturated heterocycles. The molecule has 0 aliphatic heterocycles. The molecular formula is C45H46IrN2OSi-2. The average molecular weight is 859 g/mol. The molecule has 0 spiro atoms. The van der Waals surface area contributed by atoms with E-state index in [1.54, 1.807) is 30.5 Å². The Balaban J connectivity index is 0.000000229. The molecule has 7 rings (SSSR count). The summed E-state index contributed by atoms with van der Waals surface area (Å²) >= 11 is 0. The Morgan fingerprint density at radius 2 is 1.48 bits per heavy atom. The van der Waals surface area contributed by atoms with E-state index < -0.39 is 33.6 Å². The van der Waals surface area contributed by atoms with Gasteiger partial charge in [-0.25, -0.2) is 0 Å². The molecule has 257 valence electrons. The fourth-order valence-corrected chi connectivity index (χ4v) is 7.43. The number of aromatic nitrogens is 2. The largest absolute Gasteiger partial charge is 0.501 e. The van der Waals surface area contributed by atoms with Gasteiger partial charge in [-0.1, -0.05) is 130 Å². The summed E-state index contributed by atoms with van der Waals surface area (Å²) in [4.78, 5) is 9.08. The maximum absolute atomic E-state index is 8.48. The van der Waals surface area contributed by atoms with Crippen LogP contribution in [0.25, 0.3) is 55.6 Å². The van der Waals surface area contributed by atoms with E-state index in [0.29, 0.717) is 11.1 Å². The van der Waals surface area contributed by atoms with Gasteiger partial charge >= 0.3 is 0 Å². The number of hydrogen-bond acceptors (Lipinski definition) is 3. The fourth-order valence-electron chi connectivity index (χ4n) is 5.85. The molecule has 3 heterocycles. The first-order valence-electron chi connectivity index (χ1n) is 20.4. The molecule has 3 nitrogen and oxygen atoms in total. The van der Waals surface area contributed by atoms with Crippen molar-refractivity contribution in [3.8, 4) is 33.6 Å². The van der Waals surface area contributed by atoms with Crippen LogP contribution in [-0.2, 0) is 20.1 Å². The van der Waals surface area contributed by atoms with Crippen LogP contribution in [0.3, 0.4) is 0 Å². The third kappa shape index (κ3) is 8.07. The number of aryl methyl sites for hydroxylation is 2. The normalized spacial score (nSPS) is 14.8. The van der Waals surface area contributed by atoms with Crippen LogP contribution >= 0.6 is 0 Å². The third-order valence-electron chi connectivity index (χ3n) is 8.58. The Morgan fingerprint density at radius 1 is 0.740 bits per heavy atom. The van der Waals surface area contributed by atoms with Crippen molar-refractivity contribution in [1.82, 2.24) is 9.97 Å². The van der Waals surface area contributed by atoms with Gasteiger partial charge in [-0.3, -0.25) is 0 Å². The maximum atomic E-state index is 8.48. The second-order valence-corrected chi connectivity index (χ2v) is 18.8. The molecule has 5 heteroatoms. The smallest absolute Gasteiger partial charge is 0.121 e. The second-order valence-electron chi connectivity index (χ2n) is 13.8. The van der Waals surface area contributed by atoms with E-state index in [4.69, 9.17) is 15.4 Å². The van der Waals surface area contributed by atoms with Gasteiger partial charge in [0.05, 0.1) is 13.7 Å². The molecule has 0 unspecified atom stereocenters. The molecule has 0 amide bonds. The van der Waals surface area contributed by atoms with Gasteiger partial charge in [0.25, 0.3) is 0 Å². The van der Waals surface area contributed by atoms with Crippen LogP contribution in [0.15, 0.2) is 108 Å². The number of nitrogens with zero attached hydrogens (tertiary/aromatic N) is 2. The van der Waals surface area contributed by atoms with Crippen molar-refractivity contribution in [3.05, 3.63) is 138 Å². The number of pyridine rings is 2. The summed E-state index contributed by atoms with van der Waals surface area (Å²) in [6, 6.07) is 33.6. The Morgan fingerprint density at radius 3 is 2.14 bits per heavy atom. The predicted molar refractivity (Wildman–Crippen MR) is 210 cm³/mol. The summed E-state index contributed by atoms with van der Waals surface area (Å²) in [6.07, 6.45) is 3.61. The minimum Gasteiger partial charge on any atom is -0.501 e. The molecule has 0 aliphatic carbocycles. The van der Waals surface area contributed by atoms with E-state index >= 15 is 0 Å². The third-order valence-corrected chi connectivity index (χ3v) is 10.6. The molecule has 7 aromatic rings. The monoisotopic (exact) mass is 859 g/mol. The van der Waals surface area contributed by atoms with Gasteiger partial charge in [0, 0.05) is 48.9 Å². The summed E-state index contributed by atoms with van der Waals surface area (Å²) in [5, 5.41) is 3.14. The van der Waals surface area contributed by atoms with Crippen molar-refractivity contribution >= 4 is 35.2 Å². The SMILES string of the molecule is [2H]C([2H])([2H])c1c[c-]c(-c2cc(C([2H])(C)C)c([Si](C)(C)C)cn2)cc1.[2H]C([2H])([2H])c1ccc(-c2ccc3c(c2)oc2c(-c4cc(C([2H])(C)C)ccn4)[c-]ccc23)cc1.[Ir]. The van der Waals surface area contributed by atoms with Crippen LogP contribution < -0.4 is 5.19 Å². The number of fused-ring (bicyclic) bond motifs is 3. The van der Waals surface area contributed by atoms with Crippen LogP contribution in [0.5, 0.6) is 0 Å². The Bertz CT molecular complexity index is 2540. The molecule has 0 aliphatic rings. The topological polar surface area (TPSA) is 38.9 Å². The molecule has 1 radical (unpaired) electrons. The molecule has 4 aromatic carbocycles. The van der Waals surface area contributed by atoms with Gasteiger partial charge in [-0.15, -0.1) is 53.6 Å². The van der Waals surface area contributed by atoms with Crippen molar-refractivity contribution in [2.24, 2.45) is 0 Å². The van der Waals surface area contributed by atoms with Crippen molar-refractivity contribution in [3.63, 3.8) is 0 Å². The number of benzene rings is 4. The van der Waals surface area contributed by atoms with Crippen molar-refractivity contribution in [2.45, 2.75) is 72.8 Å². The van der Waals surface area contributed by atoms with E-state index in [1.807, 2.05) is 94.6 Å². The fraction of sp³-hybridized carbons (Fsp3) is 0.244. The first-order chi connectivity index (χ1) is 26.4. The molecule has 0 fully saturated rings. The Kier molecular flexibility index (Phi) is 8.48. The number of furan rings is 1. The van der Waals surface area contributed by atoms with Crippen LogP contribution in [0.1, 0.15) is 72.7 Å². The zero-order chi connectivity index (χ0) is 41.7. The molecule has 50 heavy (non-hydrogen) atoms. The van der Waals surface area contributed by atoms with E-state index in [1.165, 1.54) is 11.3 Å². The average Bonchev–Trinajstić information content (AvgIpc) is 3.51. The van der Waals surface area contributed by atoms with Gasteiger partial charge in [0.1, 0.15) is 5.58 Å². The van der Waals surface area contributed by atoms with E-state index in [-0.39, 0.29) is 25.7 Å². The quantitative estimate of drug-likeness (QED) is 0.124. The van der Waals surface area contributed by atoms with Crippen molar-refractivity contribution in [2.75, 3.05) is 0 Å². The molecule has 0 bridgehead atoms. The van der Waals surface area contributed by atoms with Gasteiger partial charge in [-0.05, 0) is 58.5 Å². The second kappa shape index (κ2) is 15.4. The van der Waals surface area contributed by atoms with Gasteiger partial charge in [-0.2, -0.15) is 0 Å². The first-order valence-corrected chi connectivity index (χ1v) is 19.9. The Labute approximate surface area is 323 Å². The standard InChI is InChI=1S/C27H22NO.C18H24NSi.Ir/c1-17(2)20-13-14-28-25(15-20)24-6-4-5-23-22-12-11-21(16-26(22)29-27(23)24)19-9-7-18(3)8-10-19;1-13(2)16-11-17(15-9-7-14(3)8-10-15)19-12-18(16)20(4,5)6;/h4-5,7-17H,1-3H3;7-9,11-13H,1-6H3;/q2*-1;/i3D3,17D;3D3,13D;. The van der Waals surface area contributed by atoms with Crippen LogP contribution in [0.4, 0.5) is 0 Å². The van der Waals surface area contributed by atoms with Gasteiger partial charge < -0.3 is 14.4 Å². The maximum Gasteiger partial charge on any atom is 0.121 e. The molecule has 0 N–H and O–H groups in total. The summed E-state index contributed by atoms with van der Waals surface area (Å²) in [5.41, 5.74) is 8.71. The molecule has 3 aromatic heterocycles. The summed E-state index contributed by atoms with van der Waals surface area (Å²) in [6.45, 7) is 9.97. The van der Waals surface area contributed by atoms with Crippen LogP contribution in [-0.4, -0.2) is 18.0 Å². The summed E-state index contributed by atoms with van der Waals surface area (Å²) in [7, 11) is -1.61. The van der Waals surface area contributed by atoms with E-state index in [0.717, 1.165) is 61.1 Å². The van der Waals surface area contributed by atoms with Crippen molar-refractivity contribution < 1.29 is 35.5 Å². The molecular weight excluding hydrogens is 805 g/mol. The number of rotatable bonds is 6. The number of hydrogen-bond donors (Lipinski definition) is 0. The summed E-state index contributed by atoms with van der Waals surface area (Å²) in [5.74, 6) is -1.45. The van der Waals surface area contributed by atoms with E-state index in [9.17, 15) is 0 Å². The summed E-state index contributed by atoms with van der Waals surface area (Å²) < 4.78 is 68.1. The van der Waals surface area contributed by atoms with Crippen LogP contribution in [0, 0.1) is 25.8 Å². The first kappa shape index (κ1) is 27.6. The zero-order valence-electron chi connectivity index (χ0n) is 37.5. The Hall–Kier alpha value is -4.15. The molecule has 0 atom stereocenters. The minimum absolute atomic E-state index is 0. The predicted octanol–water partition coefficient (Wildman–Crippen LogP) is 12.1. The van der Waals surface area contributed by atoms with Gasteiger partial charge in [0.2, 0.25) is 0 Å².